The van der Waals surface area contributed by atoms with Crippen molar-refractivity contribution in [1.82, 2.24) is 0 Å². The Morgan fingerprint density at radius 2 is 2.12 bits per heavy atom. The maximum Gasteiger partial charge on any atom is 0.416 e. The first-order valence-corrected chi connectivity index (χ1v) is 5.65. The Morgan fingerprint density at radius 3 is 2.71 bits per heavy atom. The smallest absolute Gasteiger partial charge is 0.381 e. The minimum absolute atomic E-state index is 0.296. The number of nitrogens with one attached hydrogen (secondary N) is 1. The molecule has 1 aliphatic heterocycles. The van der Waals surface area contributed by atoms with Crippen LogP contribution in [0.2, 0.25) is 0 Å². The summed E-state index contributed by atoms with van der Waals surface area (Å²) in [6, 6.07) is 4.17. The van der Waals surface area contributed by atoms with Crippen LogP contribution < -0.4 is 10.2 Å². The zero-order chi connectivity index (χ0) is 12.6. The maximum atomic E-state index is 12.6. The predicted octanol–water partition coefficient (Wildman–Crippen LogP) is 3.35. The minimum Gasteiger partial charge on any atom is -0.381 e. The first kappa shape index (κ1) is 12.1. The summed E-state index contributed by atoms with van der Waals surface area (Å²) in [6.07, 6.45) is -4.28. The van der Waals surface area contributed by atoms with E-state index in [0.29, 0.717) is 18.3 Å². The molecule has 2 nitrogen and oxygen atoms in total. The van der Waals surface area contributed by atoms with E-state index in [1.54, 1.807) is 6.07 Å². The number of likely N-dealkylation sites (N-methyl/N-ethyl adjacent to an activating group) is 1. The number of rotatable bonds is 1. The van der Waals surface area contributed by atoms with Gasteiger partial charge in [-0.15, -0.1) is 0 Å². The van der Waals surface area contributed by atoms with Crippen LogP contribution >= 0.6 is 0 Å². The highest BCUT2D eigenvalue weighted by atomic mass is 19.4. The Morgan fingerprint density at radius 1 is 1.41 bits per heavy atom. The predicted molar refractivity (Wildman–Crippen MR) is 62.4 cm³/mol. The number of hydrogen-bond acceptors (Lipinski definition) is 2. The van der Waals surface area contributed by atoms with Gasteiger partial charge < -0.3 is 10.2 Å². The van der Waals surface area contributed by atoms with Gasteiger partial charge >= 0.3 is 6.18 Å². The summed E-state index contributed by atoms with van der Waals surface area (Å²) in [5.41, 5.74) is 0.813. The Kier molecular flexibility index (Phi) is 2.93. The van der Waals surface area contributed by atoms with E-state index in [9.17, 15) is 13.2 Å². The second-order valence-electron chi connectivity index (χ2n) is 4.25. The highest BCUT2D eigenvalue weighted by molar-refractivity contribution is 5.73. The van der Waals surface area contributed by atoms with Crippen LogP contribution in [0.4, 0.5) is 24.5 Å². The standard InChI is InChI=1S/C12H15F3N2/c1-3-17-8(2)7-16-10-6-9(12(13,14)15)4-5-11(10)17/h4-6,8,16H,3,7H2,1-2H3. The van der Waals surface area contributed by atoms with Gasteiger partial charge in [0.15, 0.2) is 0 Å². The van der Waals surface area contributed by atoms with Crippen LogP contribution in [0.5, 0.6) is 0 Å². The lowest BCUT2D eigenvalue weighted by atomic mass is 10.1. The highest BCUT2D eigenvalue weighted by Crippen LogP contribution is 2.37. The molecular formula is C12H15F3N2. The Hall–Kier alpha value is -1.39. The molecule has 1 heterocycles. The van der Waals surface area contributed by atoms with Gasteiger partial charge in [0, 0.05) is 19.1 Å². The van der Waals surface area contributed by atoms with Gasteiger partial charge in [0.25, 0.3) is 0 Å². The third-order valence-corrected chi connectivity index (χ3v) is 3.09. The number of fused-ring (bicyclic) bond motifs is 1. The quantitative estimate of drug-likeness (QED) is 0.815. The average Bonchev–Trinajstić information content (AvgIpc) is 2.27. The molecule has 94 valence electrons. The third-order valence-electron chi connectivity index (χ3n) is 3.09. The fourth-order valence-electron chi connectivity index (χ4n) is 2.19. The summed E-state index contributed by atoms with van der Waals surface area (Å²) >= 11 is 0. The first-order chi connectivity index (χ1) is 7.93. The second kappa shape index (κ2) is 4.13. The molecule has 0 saturated carbocycles. The Labute approximate surface area is 98.4 Å². The summed E-state index contributed by atoms with van der Waals surface area (Å²) < 4.78 is 37.7. The highest BCUT2D eigenvalue weighted by Gasteiger charge is 2.32. The van der Waals surface area contributed by atoms with Crippen molar-refractivity contribution in [2.24, 2.45) is 0 Å². The number of halogens is 3. The SMILES string of the molecule is CCN1c2ccc(C(F)(F)F)cc2NCC1C. The molecule has 1 atom stereocenters. The zero-order valence-electron chi connectivity index (χ0n) is 9.80. The lowest BCUT2D eigenvalue weighted by molar-refractivity contribution is -0.137. The van der Waals surface area contributed by atoms with Crippen LogP contribution in [0.25, 0.3) is 0 Å². The van der Waals surface area contributed by atoms with Crippen molar-refractivity contribution in [2.45, 2.75) is 26.1 Å². The molecule has 1 unspecified atom stereocenters. The summed E-state index contributed by atoms with van der Waals surface area (Å²) in [5, 5.41) is 3.05. The molecular weight excluding hydrogens is 229 g/mol. The van der Waals surface area contributed by atoms with E-state index in [-0.39, 0.29) is 0 Å². The van der Waals surface area contributed by atoms with Crippen molar-refractivity contribution in [3.63, 3.8) is 0 Å². The van der Waals surface area contributed by atoms with Gasteiger partial charge in [-0.05, 0) is 32.0 Å². The number of anilines is 2. The maximum absolute atomic E-state index is 12.6. The molecule has 0 aromatic heterocycles. The van der Waals surface area contributed by atoms with Crippen molar-refractivity contribution in [3.8, 4) is 0 Å². The molecule has 1 N–H and O–H groups in total. The molecule has 0 aliphatic carbocycles. The number of alkyl halides is 3. The van der Waals surface area contributed by atoms with Crippen molar-refractivity contribution in [2.75, 3.05) is 23.3 Å². The average molecular weight is 244 g/mol. The van der Waals surface area contributed by atoms with Gasteiger partial charge in [-0.1, -0.05) is 0 Å². The van der Waals surface area contributed by atoms with Crippen LogP contribution in [-0.2, 0) is 6.18 Å². The molecule has 1 aliphatic rings. The molecule has 17 heavy (non-hydrogen) atoms. The molecule has 0 bridgehead atoms. The molecule has 0 fully saturated rings. The van der Waals surface area contributed by atoms with E-state index in [4.69, 9.17) is 0 Å². The summed E-state index contributed by atoms with van der Waals surface area (Å²) in [7, 11) is 0. The van der Waals surface area contributed by atoms with Crippen molar-refractivity contribution in [1.29, 1.82) is 0 Å². The van der Waals surface area contributed by atoms with Crippen LogP contribution in [-0.4, -0.2) is 19.1 Å². The van der Waals surface area contributed by atoms with Crippen LogP contribution in [0.1, 0.15) is 19.4 Å². The van der Waals surface area contributed by atoms with Crippen LogP contribution in [0.3, 0.4) is 0 Å². The van der Waals surface area contributed by atoms with E-state index in [1.165, 1.54) is 6.07 Å². The zero-order valence-corrected chi connectivity index (χ0v) is 9.80. The molecule has 5 heteroatoms. The normalized spacial score (nSPS) is 19.8. The monoisotopic (exact) mass is 244 g/mol. The first-order valence-electron chi connectivity index (χ1n) is 5.65. The van der Waals surface area contributed by atoms with E-state index in [1.807, 2.05) is 6.92 Å². The van der Waals surface area contributed by atoms with Gasteiger partial charge in [0.05, 0.1) is 16.9 Å². The van der Waals surface area contributed by atoms with Crippen molar-refractivity contribution < 1.29 is 13.2 Å². The molecule has 0 radical (unpaired) electrons. The molecule has 1 aromatic carbocycles. The van der Waals surface area contributed by atoms with Gasteiger partial charge in [-0.25, -0.2) is 0 Å². The van der Waals surface area contributed by atoms with E-state index in [2.05, 4.69) is 17.1 Å². The molecule has 1 aromatic rings. The second-order valence-corrected chi connectivity index (χ2v) is 4.25. The van der Waals surface area contributed by atoms with Gasteiger partial charge in [0.1, 0.15) is 0 Å². The fraction of sp³-hybridized carbons (Fsp3) is 0.500. The van der Waals surface area contributed by atoms with E-state index < -0.39 is 11.7 Å². The fourth-order valence-corrected chi connectivity index (χ4v) is 2.19. The van der Waals surface area contributed by atoms with Crippen molar-refractivity contribution >= 4 is 11.4 Å². The van der Waals surface area contributed by atoms with Crippen molar-refractivity contribution in [3.05, 3.63) is 23.8 Å². The van der Waals surface area contributed by atoms with Gasteiger partial charge in [-0.3, -0.25) is 0 Å². The number of benzene rings is 1. The minimum atomic E-state index is -4.28. The Bertz CT molecular complexity index is 415. The van der Waals surface area contributed by atoms with Crippen LogP contribution in [0.15, 0.2) is 18.2 Å². The Balaban J connectivity index is 2.41. The van der Waals surface area contributed by atoms with E-state index >= 15 is 0 Å². The topological polar surface area (TPSA) is 15.3 Å². The van der Waals surface area contributed by atoms with Gasteiger partial charge in [-0.2, -0.15) is 13.2 Å². The summed E-state index contributed by atoms with van der Waals surface area (Å²) in [6.45, 7) is 5.52. The summed E-state index contributed by atoms with van der Waals surface area (Å²) in [5.74, 6) is 0. The van der Waals surface area contributed by atoms with Gasteiger partial charge in [0.2, 0.25) is 0 Å². The van der Waals surface area contributed by atoms with Crippen LogP contribution in [0, 0.1) is 0 Å². The lowest BCUT2D eigenvalue weighted by Gasteiger charge is -2.37. The largest absolute Gasteiger partial charge is 0.416 e. The molecule has 0 saturated heterocycles. The molecule has 2 rings (SSSR count). The molecule has 0 spiro atoms. The summed E-state index contributed by atoms with van der Waals surface area (Å²) in [4.78, 5) is 2.10. The third kappa shape index (κ3) is 2.18. The lowest BCUT2D eigenvalue weighted by Crippen LogP contribution is -2.41. The molecule has 0 amide bonds. The number of nitrogens with zero attached hydrogens (tertiary/aromatic N) is 1. The number of hydrogen-bond donors (Lipinski definition) is 1. The van der Waals surface area contributed by atoms with E-state index in [0.717, 1.165) is 18.3 Å².